The number of sulfonamides is 1. The Morgan fingerprint density at radius 3 is 2.29 bits per heavy atom. The van der Waals surface area contributed by atoms with Gasteiger partial charge in [0.25, 0.3) is 0 Å². The lowest BCUT2D eigenvalue weighted by molar-refractivity contribution is -0.146. The monoisotopic (exact) mass is 320 g/mol. The van der Waals surface area contributed by atoms with Crippen molar-refractivity contribution in [2.24, 2.45) is 5.92 Å². The number of nitrogens with zero attached hydrogens (tertiary/aromatic N) is 2. The molecule has 122 valence electrons. The van der Waals surface area contributed by atoms with E-state index in [1.807, 2.05) is 6.92 Å². The molecule has 1 heterocycles. The largest absolute Gasteiger partial charge is 0.481 e. The molecule has 1 saturated heterocycles. The van der Waals surface area contributed by atoms with E-state index in [9.17, 15) is 18.0 Å². The molecule has 1 N–H and O–H groups in total. The van der Waals surface area contributed by atoms with Crippen molar-refractivity contribution in [1.82, 2.24) is 9.21 Å². The Labute approximate surface area is 126 Å². The molecule has 2 unspecified atom stereocenters. The second kappa shape index (κ2) is 7.22. The van der Waals surface area contributed by atoms with E-state index in [2.05, 4.69) is 0 Å². The first-order valence-corrected chi connectivity index (χ1v) is 8.83. The van der Waals surface area contributed by atoms with E-state index >= 15 is 0 Å². The molecule has 0 aromatic carbocycles. The highest BCUT2D eigenvalue weighted by Crippen LogP contribution is 2.22. The number of likely N-dealkylation sites (tertiary alicyclic amines) is 1. The predicted octanol–water partition coefficient (Wildman–Crippen LogP) is 0.370. The molecule has 8 heteroatoms. The van der Waals surface area contributed by atoms with Crippen molar-refractivity contribution in [2.45, 2.75) is 39.7 Å². The highest BCUT2D eigenvalue weighted by atomic mass is 32.2. The van der Waals surface area contributed by atoms with Crippen LogP contribution in [-0.2, 0) is 19.6 Å². The molecule has 0 spiro atoms. The van der Waals surface area contributed by atoms with Crippen LogP contribution in [0.15, 0.2) is 0 Å². The summed E-state index contributed by atoms with van der Waals surface area (Å²) in [5, 5.41) is 9.06. The van der Waals surface area contributed by atoms with Crippen LogP contribution in [0.3, 0.4) is 0 Å². The Hall–Kier alpha value is -1.15. The summed E-state index contributed by atoms with van der Waals surface area (Å²) >= 11 is 0. The standard InChI is InChI=1S/C13H24N2O5S/c1-4-14(5-2)21(19,20)9-12(16)15-8-11(13(17)18)7-6-10(15)3/h10-11H,4-9H2,1-3H3,(H,17,18). The maximum absolute atomic E-state index is 12.3. The number of carbonyl (C=O) groups is 2. The molecule has 0 aromatic heterocycles. The zero-order valence-corrected chi connectivity index (χ0v) is 13.6. The molecule has 7 nitrogen and oxygen atoms in total. The number of hydrogen-bond acceptors (Lipinski definition) is 4. The quantitative estimate of drug-likeness (QED) is 0.763. The third-order valence-electron chi connectivity index (χ3n) is 3.96. The molecule has 1 rings (SSSR count). The first-order chi connectivity index (χ1) is 9.72. The van der Waals surface area contributed by atoms with Gasteiger partial charge in [-0.2, -0.15) is 0 Å². The van der Waals surface area contributed by atoms with Crippen molar-refractivity contribution < 1.29 is 23.1 Å². The van der Waals surface area contributed by atoms with E-state index in [1.54, 1.807) is 13.8 Å². The van der Waals surface area contributed by atoms with Crippen molar-refractivity contribution in [3.8, 4) is 0 Å². The van der Waals surface area contributed by atoms with Gasteiger partial charge in [-0.25, -0.2) is 12.7 Å². The Morgan fingerprint density at radius 1 is 1.24 bits per heavy atom. The van der Waals surface area contributed by atoms with Crippen LogP contribution in [0, 0.1) is 5.92 Å². The summed E-state index contributed by atoms with van der Waals surface area (Å²) < 4.78 is 25.5. The number of carboxylic acids is 1. The number of aliphatic carboxylic acids is 1. The van der Waals surface area contributed by atoms with Crippen LogP contribution < -0.4 is 0 Å². The fraction of sp³-hybridized carbons (Fsp3) is 0.846. The zero-order chi connectivity index (χ0) is 16.2. The van der Waals surface area contributed by atoms with Gasteiger partial charge in [-0.15, -0.1) is 0 Å². The fourth-order valence-corrected chi connectivity index (χ4v) is 4.05. The summed E-state index contributed by atoms with van der Waals surface area (Å²) in [6, 6.07) is -0.125. The number of hydrogen-bond donors (Lipinski definition) is 1. The van der Waals surface area contributed by atoms with Gasteiger partial charge >= 0.3 is 5.97 Å². The first kappa shape index (κ1) is 17.9. The normalized spacial score (nSPS) is 23.3. The van der Waals surface area contributed by atoms with E-state index < -0.39 is 33.6 Å². The summed E-state index contributed by atoms with van der Waals surface area (Å²) in [5.41, 5.74) is 0. The number of carboxylic acid groups (broad SMARTS) is 1. The lowest BCUT2D eigenvalue weighted by Gasteiger charge is -2.36. The molecule has 0 aromatic rings. The lowest BCUT2D eigenvalue weighted by Crippen LogP contribution is -2.50. The van der Waals surface area contributed by atoms with E-state index in [1.165, 1.54) is 9.21 Å². The van der Waals surface area contributed by atoms with Gasteiger partial charge < -0.3 is 10.0 Å². The van der Waals surface area contributed by atoms with E-state index in [-0.39, 0.29) is 12.6 Å². The highest BCUT2D eigenvalue weighted by molar-refractivity contribution is 7.89. The Balaban J connectivity index is 2.80. The van der Waals surface area contributed by atoms with Crippen LogP contribution in [0.2, 0.25) is 0 Å². The van der Waals surface area contributed by atoms with E-state index in [0.29, 0.717) is 25.9 Å². The van der Waals surface area contributed by atoms with Gasteiger partial charge in [0.15, 0.2) is 0 Å². The van der Waals surface area contributed by atoms with Crippen LogP contribution >= 0.6 is 0 Å². The molecule has 1 fully saturated rings. The smallest absolute Gasteiger partial charge is 0.308 e. The molecule has 2 atom stereocenters. The Morgan fingerprint density at radius 2 is 1.81 bits per heavy atom. The highest BCUT2D eigenvalue weighted by Gasteiger charge is 2.35. The molecular weight excluding hydrogens is 296 g/mol. The SMILES string of the molecule is CCN(CC)S(=O)(=O)CC(=O)N1CC(C(=O)O)CCC1C. The summed E-state index contributed by atoms with van der Waals surface area (Å²) in [4.78, 5) is 24.7. The third-order valence-corrected chi connectivity index (χ3v) is 5.87. The van der Waals surface area contributed by atoms with Gasteiger partial charge in [-0.3, -0.25) is 9.59 Å². The average Bonchev–Trinajstić information content (AvgIpc) is 2.39. The second-order valence-electron chi connectivity index (χ2n) is 5.35. The minimum Gasteiger partial charge on any atom is -0.481 e. The summed E-state index contributed by atoms with van der Waals surface area (Å²) in [6.45, 7) is 5.98. The Bertz CT molecular complexity index is 487. The third kappa shape index (κ3) is 4.41. The van der Waals surface area contributed by atoms with Crippen molar-refractivity contribution in [3.63, 3.8) is 0 Å². The van der Waals surface area contributed by atoms with Crippen molar-refractivity contribution in [1.29, 1.82) is 0 Å². The van der Waals surface area contributed by atoms with Gasteiger partial charge in [-0.1, -0.05) is 13.8 Å². The van der Waals surface area contributed by atoms with E-state index in [0.717, 1.165) is 0 Å². The minimum absolute atomic E-state index is 0.0864. The second-order valence-corrected chi connectivity index (χ2v) is 7.32. The summed E-state index contributed by atoms with van der Waals surface area (Å²) in [7, 11) is -3.64. The number of rotatable bonds is 6. The van der Waals surface area contributed by atoms with Crippen molar-refractivity contribution >= 4 is 21.9 Å². The van der Waals surface area contributed by atoms with Crippen LogP contribution in [0.1, 0.15) is 33.6 Å². The molecule has 0 saturated carbocycles. The molecule has 0 bridgehead atoms. The molecule has 21 heavy (non-hydrogen) atoms. The number of carbonyl (C=O) groups excluding carboxylic acids is 1. The molecule has 0 aliphatic carbocycles. The fourth-order valence-electron chi connectivity index (χ4n) is 2.60. The van der Waals surface area contributed by atoms with Crippen LogP contribution in [0.25, 0.3) is 0 Å². The number of amides is 1. The Kier molecular flexibility index (Phi) is 6.15. The zero-order valence-electron chi connectivity index (χ0n) is 12.8. The van der Waals surface area contributed by atoms with Crippen molar-refractivity contribution in [2.75, 3.05) is 25.4 Å². The maximum Gasteiger partial charge on any atom is 0.308 e. The topological polar surface area (TPSA) is 95.0 Å². The average molecular weight is 320 g/mol. The van der Waals surface area contributed by atoms with Crippen LogP contribution in [-0.4, -0.2) is 66.0 Å². The maximum atomic E-state index is 12.3. The summed E-state index contributed by atoms with van der Waals surface area (Å²) in [6.07, 6.45) is 1.09. The van der Waals surface area contributed by atoms with Crippen LogP contribution in [0.4, 0.5) is 0 Å². The van der Waals surface area contributed by atoms with Gasteiger partial charge in [0, 0.05) is 25.7 Å². The van der Waals surface area contributed by atoms with Gasteiger partial charge in [0.2, 0.25) is 15.9 Å². The number of piperidine rings is 1. The molecule has 1 aliphatic heterocycles. The molecular formula is C13H24N2O5S. The molecule has 1 aliphatic rings. The lowest BCUT2D eigenvalue weighted by atomic mass is 9.93. The van der Waals surface area contributed by atoms with Gasteiger partial charge in [0.1, 0.15) is 5.75 Å². The van der Waals surface area contributed by atoms with Crippen molar-refractivity contribution in [3.05, 3.63) is 0 Å². The van der Waals surface area contributed by atoms with Gasteiger partial charge in [-0.05, 0) is 19.8 Å². The predicted molar refractivity (Wildman–Crippen MR) is 78.2 cm³/mol. The van der Waals surface area contributed by atoms with E-state index in [4.69, 9.17) is 5.11 Å². The first-order valence-electron chi connectivity index (χ1n) is 7.23. The minimum atomic E-state index is -3.64. The molecule has 1 amide bonds. The summed E-state index contributed by atoms with van der Waals surface area (Å²) in [5.74, 6) is -2.65. The van der Waals surface area contributed by atoms with Crippen LogP contribution in [0.5, 0.6) is 0 Å². The van der Waals surface area contributed by atoms with Gasteiger partial charge in [0.05, 0.1) is 5.92 Å². The molecule has 0 radical (unpaired) electrons.